The molecule has 3 rings (SSSR count). The highest BCUT2D eigenvalue weighted by molar-refractivity contribution is 5.74. The highest BCUT2D eigenvalue weighted by atomic mass is 16.6. The Kier molecular flexibility index (Phi) is 3.04. The fourth-order valence-electron chi connectivity index (χ4n) is 2.09. The summed E-state index contributed by atoms with van der Waals surface area (Å²) in [6.45, 7) is 0. The average molecular weight is 271 g/mol. The van der Waals surface area contributed by atoms with E-state index in [1.165, 1.54) is 0 Å². The van der Waals surface area contributed by atoms with E-state index in [1.807, 2.05) is 18.2 Å². The van der Waals surface area contributed by atoms with Crippen LogP contribution >= 0.6 is 0 Å². The Hall–Kier alpha value is -2.53. The molecule has 0 saturated carbocycles. The van der Waals surface area contributed by atoms with Crippen LogP contribution in [0.25, 0.3) is 0 Å². The van der Waals surface area contributed by atoms with Crippen LogP contribution in [0.5, 0.6) is 23.0 Å². The van der Waals surface area contributed by atoms with Crippen molar-refractivity contribution in [1.29, 1.82) is 0 Å². The van der Waals surface area contributed by atoms with Crippen LogP contribution in [0.2, 0.25) is 0 Å². The number of para-hydroxylation sites is 3. The normalized spacial score (nSPS) is 13.4. The lowest BCUT2D eigenvalue weighted by Crippen LogP contribution is -2.32. The zero-order valence-electron chi connectivity index (χ0n) is 10.6. The van der Waals surface area contributed by atoms with Crippen LogP contribution in [-0.4, -0.2) is 17.1 Å². The van der Waals surface area contributed by atoms with E-state index < -0.39 is 12.0 Å². The van der Waals surface area contributed by atoms with E-state index in [0.29, 0.717) is 28.6 Å². The molecule has 0 aliphatic carbocycles. The molecule has 2 aromatic rings. The van der Waals surface area contributed by atoms with Crippen LogP contribution in [-0.2, 0) is 11.2 Å². The van der Waals surface area contributed by atoms with Crippen molar-refractivity contribution in [3.63, 3.8) is 0 Å². The highest BCUT2D eigenvalue weighted by Gasteiger charge is 2.23. The van der Waals surface area contributed by atoms with Gasteiger partial charge in [0.25, 0.3) is 0 Å². The van der Waals surface area contributed by atoms with E-state index in [1.54, 1.807) is 24.3 Å². The van der Waals surface area contributed by atoms with Crippen LogP contribution in [0.1, 0.15) is 5.56 Å². The molecule has 3 N–H and O–H groups in total. The van der Waals surface area contributed by atoms with Gasteiger partial charge in [-0.2, -0.15) is 0 Å². The van der Waals surface area contributed by atoms with Crippen LogP contribution in [0.3, 0.4) is 0 Å². The van der Waals surface area contributed by atoms with E-state index in [2.05, 4.69) is 0 Å². The van der Waals surface area contributed by atoms with Gasteiger partial charge in [-0.1, -0.05) is 24.3 Å². The SMILES string of the molecule is N[C@@H](Cc1cccc2c1Oc1ccccc1O2)C(=O)O. The molecule has 5 nitrogen and oxygen atoms in total. The van der Waals surface area contributed by atoms with E-state index in [0.717, 1.165) is 0 Å². The van der Waals surface area contributed by atoms with Crippen LogP contribution in [0.15, 0.2) is 42.5 Å². The molecule has 0 saturated heterocycles. The summed E-state index contributed by atoms with van der Waals surface area (Å²) in [5.74, 6) is 1.30. The molecule has 1 aliphatic heterocycles. The van der Waals surface area contributed by atoms with Gasteiger partial charge in [-0.25, -0.2) is 0 Å². The van der Waals surface area contributed by atoms with Crippen molar-refractivity contribution >= 4 is 5.97 Å². The number of rotatable bonds is 3. The van der Waals surface area contributed by atoms with E-state index in [4.69, 9.17) is 20.3 Å². The number of hydrogen-bond acceptors (Lipinski definition) is 4. The van der Waals surface area contributed by atoms with E-state index in [-0.39, 0.29) is 6.42 Å². The first-order valence-corrected chi connectivity index (χ1v) is 6.20. The second-order valence-corrected chi connectivity index (χ2v) is 4.54. The summed E-state index contributed by atoms with van der Waals surface area (Å²) in [5, 5.41) is 8.91. The minimum Gasteiger partial charge on any atom is -0.480 e. The van der Waals surface area contributed by atoms with Gasteiger partial charge in [0.15, 0.2) is 23.0 Å². The molecule has 0 amide bonds. The Labute approximate surface area is 115 Å². The average Bonchev–Trinajstić information content (AvgIpc) is 2.45. The van der Waals surface area contributed by atoms with Crippen LogP contribution in [0.4, 0.5) is 0 Å². The van der Waals surface area contributed by atoms with E-state index in [9.17, 15) is 4.79 Å². The first-order chi connectivity index (χ1) is 9.65. The van der Waals surface area contributed by atoms with Gasteiger partial charge in [-0.15, -0.1) is 0 Å². The predicted molar refractivity (Wildman–Crippen MR) is 72.3 cm³/mol. The Bertz CT molecular complexity index is 669. The van der Waals surface area contributed by atoms with Gasteiger partial charge in [-0.05, 0) is 18.2 Å². The molecule has 5 heteroatoms. The minimum absolute atomic E-state index is 0.185. The third-order valence-electron chi connectivity index (χ3n) is 3.10. The van der Waals surface area contributed by atoms with Crippen molar-refractivity contribution in [3.05, 3.63) is 48.0 Å². The number of carboxylic acids is 1. The molecule has 2 aromatic carbocycles. The number of aliphatic carboxylic acids is 1. The first kappa shape index (κ1) is 12.5. The van der Waals surface area contributed by atoms with Crippen molar-refractivity contribution in [1.82, 2.24) is 0 Å². The summed E-state index contributed by atoms with van der Waals surface area (Å²) >= 11 is 0. The van der Waals surface area contributed by atoms with Gasteiger partial charge >= 0.3 is 5.97 Å². The molecule has 102 valence electrons. The molecule has 0 radical (unpaired) electrons. The second-order valence-electron chi connectivity index (χ2n) is 4.54. The third kappa shape index (κ3) is 2.19. The molecule has 20 heavy (non-hydrogen) atoms. The summed E-state index contributed by atoms with van der Waals surface area (Å²) in [5.41, 5.74) is 6.30. The first-order valence-electron chi connectivity index (χ1n) is 6.20. The Morgan fingerprint density at radius 3 is 2.40 bits per heavy atom. The minimum atomic E-state index is -1.04. The van der Waals surface area contributed by atoms with Crippen LogP contribution in [0, 0.1) is 0 Å². The highest BCUT2D eigenvalue weighted by Crippen LogP contribution is 2.46. The number of fused-ring (bicyclic) bond motifs is 2. The number of nitrogens with two attached hydrogens (primary N) is 1. The number of benzene rings is 2. The van der Waals surface area contributed by atoms with Gasteiger partial charge in [0.05, 0.1) is 0 Å². The number of carbonyl (C=O) groups is 1. The molecule has 0 aromatic heterocycles. The molecule has 0 fully saturated rings. The molecule has 0 unspecified atom stereocenters. The molecule has 1 heterocycles. The fourth-order valence-corrected chi connectivity index (χ4v) is 2.09. The number of hydrogen-bond donors (Lipinski definition) is 2. The summed E-state index contributed by atoms with van der Waals surface area (Å²) in [6, 6.07) is 11.7. The summed E-state index contributed by atoms with van der Waals surface area (Å²) < 4.78 is 11.6. The van der Waals surface area contributed by atoms with Gasteiger partial charge in [0, 0.05) is 12.0 Å². The quantitative estimate of drug-likeness (QED) is 0.765. The topological polar surface area (TPSA) is 81.8 Å². The maximum Gasteiger partial charge on any atom is 0.320 e. The van der Waals surface area contributed by atoms with Gasteiger partial charge in [-0.3, -0.25) is 4.79 Å². The van der Waals surface area contributed by atoms with Crippen molar-refractivity contribution in [2.24, 2.45) is 5.73 Å². The third-order valence-corrected chi connectivity index (χ3v) is 3.10. The zero-order valence-corrected chi connectivity index (χ0v) is 10.6. The Morgan fingerprint density at radius 2 is 1.70 bits per heavy atom. The second kappa shape index (κ2) is 4.86. The largest absolute Gasteiger partial charge is 0.480 e. The van der Waals surface area contributed by atoms with Crippen molar-refractivity contribution in [3.8, 4) is 23.0 Å². The molecule has 1 atom stereocenters. The predicted octanol–water partition coefficient (Wildman–Crippen LogP) is 2.54. The lowest BCUT2D eigenvalue weighted by molar-refractivity contribution is -0.138. The molecule has 0 spiro atoms. The Morgan fingerprint density at radius 1 is 1.05 bits per heavy atom. The number of carboxylic acid groups (broad SMARTS) is 1. The lowest BCUT2D eigenvalue weighted by atomic mass is 10.0. The summed E-state index contributed by atoms with van der Waals surface area (Å²) in [4.78, 5) is 10.9. The lowest BCUT2D eigenvalue weighted by Gasteiger charge is -2.23. The summed E-state index contributed by atoms with van der Waals surface area (Å²) in [6.07, 6.45) is 0.185. The molecule has 0 bridgehead atoms. The number of ether oxygens (including phenoxy) is 2. The molecule has 1 aliphatic rings. The summed E-state index contributed by atoms with van der Waals surface area (Å²) in [7, 11) is 0. The standard InChI is InChI=1S/C15H13NO4/c16-10(15(17)18)8-9-4-3-7-13-14(9)20-12-6-2-1-5-11(12)19-13/h1-7,10H,8,16H2,(H,17,18)/t10-/m0/s1. The Balaban J connectivity index is 1.96. The van der Waals surface area contributed by atoms with Crippen molar-refractivity contribution < 1.29 is 19.4 Å². The molecular weight excluding hydrogens is 258 g/mol. The van der Waals surface area contributed by atoms with Crippen molar-refractivity contribution in [2.75, 3.05) is 0 Å². The maximum absolute atomic E-state index is 10.9. The van der Waals surface area contributed by atoms with E-state index >= 15 is 0 Å². The smallest absolute Gasteiger partial charge is 0.320 e. The maximum atomic E-state index is 10.9. The van der Waals surface area contributed by atoms with Gasteiger partial charge in [0.1, 0.15) is 6.04 Å². The van der Waals surface area contributed by atoms with Gasteiger partial charge in [0.2, 0.25) is 0 Å². The molecular formula is C15H13NO4. The monoisotopic (exact) mass is 271 g/mol. The van der Waals surface area contributed by atoms with Crippen molar-refractivity contribution in [2.45, 2.75) is 12.5 Å². The zero-order chi connectivity index (χ0) is 14.1. The van der Waals surface area contributed by atoms with Crippen LogP contribution < -0.4 is 15.2 Å². The fraction of sp³-hybridized carbons (Fsp3) is 0.133. The van der Waals surface area contributed by atoms with Gasteiger partial charge < -0.3 is 20.3 Å².